The van der Waals surface area contributed by atoms with Gasteiger partial charge in [-0.2, -0.15) is 5.26 Å². The first-order valence-corrected chi connectivity index (χ1v) is 20.7. The number of aryl methyl sites for hydroxylation is 1. The lowest BCUT2D eigenvalue weighted by atomic mass is 9.71. The molecule has 3 N–H and O–H groups in total. The molecule has 58 heavy (non-hydrogen) atoms. The smallest absolute Gasteiger partial charge is 0.308 e. The average molecular weight is 810 g/mol. The van der Waals surface area contributed by atoms with Crippen molar-refractivity contribution in [3.05, 3.63) is 74.7 Å². The molecule has 3 aromatic carbocycles. The third-order valence-electron chi connectivity index (χ3n) is 13.3. The topological polar surface area (TPSA) is 159 Å². The molecule has 8 atom stereocenters. The van der Waals surface area contributed by atoms with E-state index in [1.807, 2.05) is 33.9 Å². The van der Waals surface area contributed by atoms with Crippen LogP contribution >= 0.6 is 11.8 Å². The number of hydrogen-bond donors (Lipinski definition) is 3. The maximum Gasteiger partial charge on any atom is 0.308 e. The molecule has 15 heteroatoms. The summed E-state index contributed by atoms with van der Waals surface area (Å²) in [5.41, 5.74) is 5.35. The van der Waals surface area contributed by atoms with Crippen molar-refractivity contribution in [1.82, 2.24) is 20.1 Å². The number of nitriles is 1. The number of ketones is 1. The van der Waals surface area contributed by atoms with Gasteiger partial charge in [0.05, 0.1) is 37.1 Å². The third-order valence-corrected chi connectivity index (χ3v) is 14.8. The highest BCUT2D eigenvalue weighted by atomic mass is 32.2. The number of piperazine rings is 1. The quantitative estimate of drug-likeness (QED) is 0.177. The number of carbonyl (C=O) groups is 2. The molecule has 2 unspecified atom stereocenters. The zero-order valence-electron chi connectivity index (χ0n) is 33.0. The number of H-pyrrole nitrogens is 1. The Morgan fingerprint density at radius 3 is 2.69 bits per heavy atom. The molecule has 8 heterocycles. The monoisotopic (exact) mass is 809 g/mol. The van der Waals surface area contributed by atoms with Gasteiger partial charge in [0.15, 0.2) is 28.8 Å². The van der Waals surface area contributed by atoms with E-state index in [1.165, 1.54) is 30.8 Å². The Bertz CT molecular complexity index is 2500. The van der Waals surface area contributed by atoms with Crippen LogP contribution in [0.2, 0.25) is 0 Å². The van der Waals surface area contributed by atoms with E-state index < -0.39 is 40.9 Å². The van der Waals surface area contributed by atoms with Crippen molar-refractivity contribution in [3.8, 4) is 34.8 Å². The molecule has 0 aliphatic carbocycles. The van der Waals surface area contributed by atoms with Crippen LogP contribution in [-0.2, 0) is 32.7 Å². The molecule has 2 fully saturated rings. The van der Waals surface area contributed by atoms with Crippen molar-refractivity contribution >= 4 is 34.4 Å². The molecule has 4 bridgehead atoms. The van der Waals surface area contributed by atoms with Crippen molar-refractivity contribution in [3.63, 3.8) is 0 Å². The highest BCUT2D eigenvalue weighted by molar-refractivity contribution is 7.99. The highest BCUT2D eigenvalue weighted by Gasteiger charge is 2.61. The van der Waals surface area contributed by atoms with Gasteiger partial charge in [0.25, 0.3) is 0 Å². The number of esters is 1. The summed E-state index contributed by atoms with van der Waals surface area (Å²) in [5, 5.41) is 27.2. The van der Waals surface area contributed by atoms with Crippen molar-refractivity contribution in [2.24, 2.45) is 0 Å². The maximum atomic E-state index is 15.0. The number of phenols is 1. The van der Waals surface area contributed by atoms with Crippen LogP contribution in [0.5, 0.6) is 28.7 Å². The number of aromatic hydroxyl groups is 1. The number of ether oxygens (including phenoxy) is 5. The van der Waals surface area contributed by atoms with Crippen LogP contribution in [0.25, 0.3) is 10.9 Å². The van der Waals surface area contributed by atoms with Crippen molar-refractivity contribution in [1.29, 1.82) is 5.26 Å². The van der Waals surface area contributed by atoms with E-state index in [4.69, 9.17) is 23.7 Å². The minimum Gasteiger partial charge on any atom is -0.504 e. The Morgan fingerprint density at radius 1 is 1.14 bits per heavy atom. The van der Waals surface area contributed by atoms with E-state index in [-0.39, 0.29) is 55.2 Å². The van der Waals surface area contributed by atoms with E-state index in [9.17, 15) is 24.3 Å². The van der Waals surface area contributed by atoms with Crippen molar-refractivity contribution < 1.29 is 42.8 Å². The van der Waals surface area contributed by atoms with Gasteiger partial charge < -0.3 is 33.8 Å². The fourth-order valence-corrected chi connectivity index (χ4v) is 12.8. The van der Waals surface area contributed by atoms with Gasteiger partial charge in [0.2, 0.25) is 6.79 Å². The van der Waals surface area contributed by atoms with Crippen molar-refractivity contribution in [2.75, 3.05) is 39.9 Å². The van der Waals surface area contributed by atoms with Gasteiger partial charge in [-0.15, -0.1) is 11.8 Å². The Balaban J connectivity index is 1.26. The Kier molecular flexibility index (Phi) is 8.60. The molecule has 0 radical (unpaired) electrons. The molecular formula is C43H44FN5O8S. The standard InChI is InChI=1S/C43H44FN5O8S/c1-18-9-22-11-27-28(13-45)49-29-14-54-15-30(51)43(42-25(10-19(2)47-43)24-12-23(44)7-8-26(24)46-42)16-58-41(35(49)34(48(27)5)31(22)36(52)37(18)53-6)33-32(29)40-39(55-17-56-40)20(3)38(33)57-21(4)50/h7-9,12,19,27-29,34-35,41,46-47,52H,10-11,14-17H2,1-6H3/t19?,27-,28-,29+,34+,35?,41+,43-/m0/s1. The summed E-state index contributed by atoms with van der Waals surface area (Å²) in [6.45, 7) is 6.79. The third kappa shape index (κ3) is 5.08. The number of aromatic amines is 1. The first kappa shape index (κ1) is 37.4. The summed E-state index contributed by atoms with van der Waals surface area (Å²) in [5.74, 6) is 0.804. The molecule has 7 aliphatic heterocycles. The summed E-state index contributed by atoms with van der Waals surface area (Å²) < 4.78 is 45.7. The number of hydrogen-bond acceptors (Lipinski definition) is 13. The molecule has 2 saturated heterocycles. The zero-order chi connectivity index (χ0) is 40.5. The molecule has 7 aliphatic rings. The maximum absolute atomic E-state index is 15.0. The predicted octanol–water partition coefficient (Wildman–Crippen LogP) is 5.32. The number of aromatic nitrogens is 1. The van der Waals surface area contributed by atoms with Crippen LogP contribution in [0.15, 0.2) is 24.3 Å². The summed E-state index contributed by atoms with van der Waals surface area (Å²) in [6.07, 6.45) is 1.07. The largest absolute Gasteiger partial charge is 0.504 e. The van der Waals surface area contributed by atoms with Gasteiger partial charge in [-0.05, 0) is 75.5 Å². The Hall–Kier alpha value is -4.85. The van der Waals surface area contributed by atoms with Crippen molar-refractivity contribution in [2.45, 2.75) is 87.6 Å². The molecule has 11 rings (SSSR count). The summed E-state index contributed by atoms with van der Waals surface area (Å²) >= 11 is 1.52. The van der Waals surface area contributed by atoms with Gasteiger partial charge in [0, 0.05) is 69.7 Å². The van der Waals surface area contributed by atoms with E-state index >= 15 is 0 Å². The minimum atomic E-state index is -1.31. The Morgan fingerprint density at radius 2 is 1.93 bits per heavy atom. The number of likely N-dealkylation sites (N-methyl/N-ethyl adjacent to an activating group) is 1. The van der Waals surface area contributed by atoms with Crippen LogP contribution in [0.1, 0.15) is 75.8 Å². The first-order chi connectivity index (χ1) is 27.9. The molecule has 1 aromatic heterocycles. The fraction of sp³-hybridized carbons (Fsp3) is 0.465. The van der Waals surface area contributed by atoms with Crippen LogP contribution in [0, 0.1) is 31.0 Å². The number of thioether (sulfide) groups is 1. The van der Waals surface area contributed by atoms with Crippen LogP contribution in [0.3, 0.4) is 0 Å². The number of benzene rings is 3. The molecule has 1 spiro atoms. The zero-order valence-corrected chi connectivity index (χ0v) is 33.8. The highest BCUT2D eigenvalue weighted by Crippen LogP contribution is 2.64. The molecule has 13 nitrogen and oxygen atoms in total. The number of rotatable bonds is 2. The number of nitrogens with one attached hydrogen (secondary N) is 2. The molecule has 0 amide bonds. The number of carbonyl (C=O) groups excluding carboxylic acids is 2. The first-order valence-electron chi connectivity index (χ1n) is 19.6. The summed E-state index contributed by atoms with van der Waals surface area (Å²) in [4.78, 5) is 36.0. The summed E-state index contributed by atoms with van der Waals surface area (Å²) in [7, 11) is 3.54. The average Bonchev–Trinajstić information content (AvgIpc) is 3.81. The number of nitrogens with zero attached hydrogens (tertiary/aromatic N) is 3. The van der Waals surface area contributed by atoms with Gasteiger partial charge in [-0.1, -0.05) is 6.07 Å². The SMILES string of the molecule is COc1c(C)cc2c(c1O)[C@@H]1C3[C@@H]4SC[C@]5(NC(C)Cc6c5[nH]c5ccc(F)cc65)C(=O)COC[C@H](c5c6c(c(C)c(OC(C)=O)c54)OCO6)N3[C@@H](C#N)[C@H](C2)N1C. The normalized spacial score (nSPS) is 29.9. The lowest BCUT2D eigenvalue weighted by Gasteiger charge is -2.61. The number of fused-ring (bicyclic) bond motifs is 12. The second-order valence-electron chi connectivity index (χ2n) is 16.5. The van der Waals surface area contributed by atoms with E-state index in [0.717, 1.165) is 27.6 Å². The van der Waals surface area contributed by atoms with Crippen LogP contribution in [-0.4, -0.2) is 95.7 Å². The summed E-state index contributed by atoms with van der Waals surface area (Å²) in [6, 6.07) is 6.53. The number of Topliss-reactive ketones (excluding diaryl/α,β-unsaturated/α-hetero) is 1. The lowest BCUT2D eigenvalue weighted by molar-refractivity contribution is -0.133. The molecule has 0 saturated carbocycles. The number of phenolic OH excluding ortho intramolecular Hbond substituents is 1. The molecule has 4 aromatic rings. The van der Waals surface area contributed by atoms with Gasteiger partial charge >= 0.3 is 5.97 Å². The Labute approximate surface area is 338 Å². The second-order valence-corrected chi connectivity index (χ2v) is 17.6. The number of methoxy groups -OCH3 is 1. The number of halogens is 1. The predicted molar refractivity (Wildman–Crippen MR) is 211 cm³/mol. The van der Waals surface area contributed by atoms with Gasteiger partial charge in [-0.25, -0.2) is 4.39 Å². The minimum absolute atomic E-state index is 0.0151. The van der Waals surface area contributed by atoms with E-state index in [1.54, 1.807) is 13.2 Å². The second kappa shape index (κ2) is 13.3. The fourth-order valence-electron chi connectivity index (χ4n) is 11.1. The molecule has 302 valence electrons. The van der Waals surface area contributed by atoms with E-state index in [2.05, 4.69) is 26.2 Å². The van der Waals surface area contributed by atoms with Gasteiger partial charge in [0.1, 0.15) is 29.8 Å². The molecular weight excluding hydrogens is 766 g/mol. The lowest BCUT2D eigenvalue weighted by Crippen LogP contribution is -2.69. The van der Waals surface area contributed by atoms with Crippen LogP contribution in [0.4, 0.5) is 4.39 Å². The van der Waals surface area contributed by atoms with E-state index in [0.29, 0.717) is 63.8 Å². The van der Waals surface area contributed by atoms with Gasteiger partial charge in [-0.3, -0.25) is 24.7 Å². The van der Waals surface area contributed by atoms with Crippen LogP contribution < -0.4 is 24.3 Å².